The second-order valence-corrected chi connectivity index (χ2v) is 25.3. The zero-order chi connectivity index (χ0) is 51.1. The van der Waals surface area contributed by atoms with E-state index < -0.39 is 30.7 Å². The van der Waals surface area contributed by atoms with Gasteiger partial charge < -0.3 is 29.5 Å². The van der Waals surface area contributed by atoms with Crippen molar-refractivity contribution in [1.82, 2.24) is 0 Å². The van der Waals surface area contributed by atoms with Gasteiger partial charge in [0.1, 0.15) is 31.0 Å². The maximum atomic E-state index is 12.7. The molecule has 7 heteroatoms. The Labute approximate surface area is 437 Å². The first-order valence-electron chi connectivity index (χ1n) is 31.2. The van der Waals surface area contributed by atoms with Crippen molar-refractivity contribution in [3.8, 4) is 0 Å². The van der Waals surface area contributed by atoms with E-state index in [1.807, 2.05) is 0 Å². The number of unbranched alkanes of at least 4 members (excludes halogenated alkanes) is 25. The molecule has 4 aliphatic carbocycles. The molecule has 5 aliphatic rings. The molecule has 71 heavy (non-hydrogen) atoms. The Balaban J connectivity index is 0.886. The van der Waals surface area contributed by atoms with Crippen molar-refractivity contribution in [1.29, 1.82) is 0 Å². The van der Waals surface area contributed by atoms with E-state index in [0.717, 1.165) is 62.7 Å². The second kappa shape index (κ2) is 32.4. The molecule has 3 saturated carbocycles. The normalized spacial score (nSPS) is 32.6. The van der Waals surface area contributed by atoms with E-state index in [2.05, 4.69) is 66.7 Å². The van der Waals surface area contributed by atoms with Gasteiger partial charge in [-0.25, -0.2) is 0 Å². The van der Waals surface area contributed by atoms with Gasteiger partial charge in [0, 0.05) is 6.42 Å². The summed E-state index contributed by atoms with van der Waals surface area (Å²) in [5, 5.41) is 32.7. The van der Waals surface area contributed by atoms with Crippen LogP contribution >= 0.6 is 0 Å². The molecule has 0 aromatic carbocycles. The number of hydrogen-bond donors (Lipinski definition) is 3. The molecule has 0 aromatic rings. The lowest BCUT2D eigenvalue weighted by Gasteiger charge is -2.58. The molecule has 0 bridgehead atoms. The molecule has 7 nitrogen and oxygen atoms in total. The molecule has 14 atom stereocenters. The molecule has 5 rings (SSSR count). The van der Waals surface area contributed by atoms with Crippen LogP contribution < -0.4 is 0 Å². The van der Waals surface area contributed by atoms with Crippen LogP contribution in [0.5, 0.6) is 0 Å². The van der Waals surface area contributed by atoms with Gasteiger partial charge in [0.15, 0.2) is 6.29 Å². The minimum absolute atomic E-state index is 0.148. The zero-order valence-corrected chi connectivity index (χ0v) is 47.4. The van der Waals surface area contributed by atoms with Crippen LogP contribution in [0.25, 0.3) is 0 Å². The van der Waals surface area contributed by atoms with Crippen molar-refractivity contribution in [2.45, 2.75) is 316 Å². The highest BCUT2D eigenvalue weighted by Crippen LogP contribution is 2.67. The van der Waals surface area contributed by atoms with Crippen LogP contribution in [0.15, 0.2) is 23.8 Å². The summed E-state index contributed by atoms with van der Waals surface area (Å²) in [5.74, 6) is 4.62. The minimum atomic E-state index is -1.45. The average Bonchev–Trinajstić information content (AvgIpc) is 3.72. The smallest absolute Gasteiger partial charge is 0.305 e. The highest BCUT2D eigenvalue weighted by molar-refractivity contribution is 5.69. The summed E-state index contributed by atoms with van der Waals surface area (Å²) in [7, 11) is 0. The van der Waals surface area contributed by atoms with Crippen LogP contribution in [-0.4, -0.2) is 64.7 Å². The summed E-state index contributed by atoms with van der Waals surface area (Å²) < 4.78 is 18.1. The summed E-state index contributed by atoms with van der Waals surface area (Å²) >= 11 is 0. The molecular weight excluding hydrogens is 881 g/mol. The van der Waals surface area contributed by atoms with Crippen molar-refractivity contribution in [2.24, 2.45) is 52.3 Å². The third kappa shape index (κ3) is 18.5. The van der Waals surface area contributed by atoms with Crippen LogP contribution in [0.1, 0.15) is 280 Å². The minimum Gasteiger partial charge on any atom is -0.463 e. The Morgan fingerprint density at radius 3 is 1.72 bits per heavy atom. The van der Waals surface area contributed by atoms with Crippen molar-refractivity contribution < 1.29 is 34.3 Å². The lowest BCUT2D eigenvalue weighted by Crippen LogP contribution is -2.60. The van der Waals surface area contributed by atoms with E-state index in [1.54, 1.807) is 0 Å². The fourth-order valence-corrected chi connectivity index (χ4v) is 15.1. The SMILES string of the molecule is CCCCCCCCCCCCCCCCCCCCCCCCCCCCC(=O)OC[C@H]1O[C@@H](O[C@@H]2CC[C@]3(C)C(=CC[C@H]4[C@H]5CC[C@H]([C@@H](C)/C=C/[C@H](CC)C(C)C)[C@@]5(C)CC[C@@H]43)C2)[C@H](O)[C@@H](O)[C@@H]1O. The van der Waals surface area contributed by atoms with E-state index in [9.17, 15) is 20.1 Å². The molecule has 1 aliphatic heterocycles. The van der Waals surface area contributed by atoms with Crippen molar-refractivity contribution in [3.63, 3.8) is 0 Å². The summed E-state index contributed by atoms with van der Waals surface area (Å²) in [5.41, 5.74) is 2.05. The Hall–Kier alpha value is -1.25. The summed E-state index contributed by atoms with van der Waals surface area (Å²) in [6.45, 7) is 16.8. The third-order valence-corrected chi connectivity index (χ3v) is 19.9. The van der Waals surface area contributed by atoms with E-state index in [0.29, 0.717) is 35.5 Å². The molecule has 1 saturated heterocycles. The van der Waals surface area contributed by atoms with Gasteiger partial charge in [-0.1, -0.05) is 233 Å². The monoisotopic (exact) mass is 995 g/mol. The summed E-state index contributed by atoms with van der Waals surface area (Å²) in [6.07, 6.45) is 47.1. The third-order valence-electron chi connectivity index (χ3n) is 19.9. The van der Waals surface area contributed by atoms with Crippen LogP contribution in [0.4, 0.5) is 0 Å². The van der Waals surface area contributed by atoms with E-state index in [4.69, 9.17) is 14.2 Å². The number of esters is 1. The lowest BCUT2D eigenvalue weighted by molar-refractivity contribution is -0.313. The first-order chi connectivity index (χ1) is 34.3. The van der Waals surface area contributed by atoms with Gasteiger partial charge in [-0.15, -0.1) is 0 Å². The number of carbonyl (C=O) groups is 1. The van der Waals surface area contributed by atoms with Crippen LogP contribution in [0.3, 0.4) is 0 Å². The molecule has 0 spiro atoms. The van der Waals surface area contributed by atoms with Gasteiger partial charge in [-0.2, -0.15) is 0 Å². The Morgan fingerprint density at radius 1 is 0.662 bits per heavy atom. The Bertz CT molecular complexity index is 1510. The molecule has 0 unspecified atom stereocenters. The zero-order valence-electron chi connectivity index (χ0n) is 47.4. The number of ether oxygens (including phenoxy) is 3. The maximum absolute atomic E-state index is 12.7. The van der Waals surface area contributed by atoms with Crippen LogP contribution in [-0.2, 0) is 19.0 Å². The molecule has 412 valence electrons. The molecule has 3 N–H and O–H groups in total. The van der Waals surface area contributed by atoms with Gasteiger partial charge in [0.25, 0.3) is 0 Å². The first kappa shape index (κ1) is 60.6. The van der Waals surface area contributed by atoms with Crippen LogP contribution in [0, 0.1) is 52.3 Å². The quantitative estimate of drug-likeness (QED) is 0.0326. The standard InChI is InChI=1S/C64H114O7/c1-8-10-11-12-13-14-15-16-17-18-19-20-21-22-23-24-25-26-27-28-29-30-31-32-33-34-35-58(65)69-47-57-59(66)60(67)61(68)62(71-57)70-52-42-44-63(6)51(46-52)38-39-53-55-41-40-54(64(55,7)45-43-56(53)63)49(5)36-37-50(9-2)48(3)4/h36-38,48-50,52-57,59-62,66-68H,8-35,39-47H2,1-7H3/b37-36+/t49-,50-,52+,53-,54+,55+,56-,57+,59+,60-,61+,62+,63+,64+/m0/s1. The highest BCUT2D eigenvalue weighted by atomic mass is 16.7. The topological polar surface area (TPSA) is 105 Å². The van der Waals surface area contributed by atoms with E-state index >= 15 is 0 Å². The second-order valence-electron chi connectivity index (χ2n) is 25.3. The number of fused-ring (bicyclic) bond motifs is 5. The number of allylic oxidation sites excluding steroid dienone is 3. The maximum Gasteiger partial charge on any atom is 0.305 e. The molecule has 0 radical (unpaired) electrons. The van der Waals surface area contributed by atoms with Gasteiger partial charge >= 0.3 is 5.97 Å². The highest BCUT2D eigenvalue weighted by Gasteiger charge is 2.59. The first-order valence-corrected chi connectivity index (χ1v) is 31.2. The number of aliphatic hydroxyl groups excluding tert-OH is 3. The Morgan fingerprint density at radius 2 is 1.20 bits per heavy atom. The number of carbonyl (C=O) groups excluding carboxylic acids is 1. The average molecular weight is 996 g/mol. The predicted molar refractivity (Wildman–Crippen MR) is 295 cm³/mol. The lowest BCUT2D eigenvalue weighted by atomic mass is 9.47. The molecule has 4 fully saturated rings. The molecule has 0 aromatic heterocycles. The fraction of sp³-hybridized carbons (Fsp3) is 0.922. The number of aliphatic hydroxyl groups is 3. The molecular formula is C64H114O7. The Kier molecular flexibility index (Phi) is 27.6. The largest absolute Gasteiger partial charge is 0.463 e. The van der Waals surface area contributed by atoms with Crippen molar-refractivity contribution >= 4 is 5.97 Å². The fourth-order valence-electron chi connectivity index (χ4n) is 15.1. The molecule has 0 amide bonds. The summed E-state index contributed by atoms with van der Waals surface area (Å²) in [4.78, 5) is 12.7. The van der Waals surface area contributed by atoms with Crippen molar-refractivity contribution in [2.75, 3.05) is 6.61 Å². The van der Waals surface area contributed by atoms with E-state index in [1.165, 1.54) is 185 Å². The van der Waals surface area contributed by atoms with Gasteiger partial charge in [0.05, 0.1) is 6.10 Å². The van der Waals surface area contributed by atoms with Gasteiger partial charge in [0.2, 0.25) is 0 Å². The van der Waals surface area contributed by atoms with Gasteiger partial charge in [-0.3, -0.25) is 4.79 Å². The molecule has 1 heterocycles. The van der Waals surface area contributed by atoms with Gasteiger partial charge in [-0.05, 0) is 116 Å². The number of hydrogen-bond acceptors (Lipinski definition) is 7. The predicted octanol–water partition coefficient (Wildman–Crippen LogP) is 16.7. The van der Waals surface area contributed by atoms with Crippen molar-refractivity contribution in [3.05, 3.63) is 23.8 Å². The van der Waals surface area contributed by atoms with E-state index in [-0.39, 0.29) is 24.1 Å². The summed E-state index contributed by atoms with van der Waals surface area (Å²) in [6, 6.07) is 0. The van der Waals surface area contributed by atoms with Crippen LogP contribution in [0.2, 0.25) is 0 Å². The number of rotatable bonds is 36.